The molecule has 0 bridgehead atoms. The van der Waals surface area contributed by atoms with Gasteiger partial charge >= 0.3 is 0 Å². The average molecular weight is 501 g/mol. The monoisotopic (exact) mass is 500 g/mol. The van der Waals surface area contributed by atoms with Crippen molar-refractivity contribution in [2.24, 2.45) is 0 Å². The molecule has 0 unspecified atom stereocenters. The van der Waals surface area contributed by atoms with Crippen LogP contribution in [0.3, 0.4) is 0 Å². The molecule has 1 aliphatic heterocycles. The van der Waals surface area contributed by atoms with Gasteiger partial charge in [-0.3, -0.25) is 4.98 Å². The Kier molecular flexibility index (Phi) is 6.46. The molecule has 0 radical (unpaired) electrons. The lowest BCUT2D eigenvalue weighted by atomic mass is 9.96. The van der Waals surface area contributed by atoms with Crippen molar-refractivity contribution in [3.8, 4) is 5.75 Å². The number of rotatable bonds is 6. The van der Waals surface area contributed by atoms with E-state index in [4.69, 9.17) is 21.9 Å². The number of nitrogens with one attached hydrogen (secondary N) is 1. The maximum absolute atomic E-state index is 6.24. The van der Waals surface area contributed by atoms with Crippen LogP contribution in [-0.2, 0) is 0 Å². The van der Waals surface area contributed by atoms with Crippen molar-refractivity contribution in [3.05, 3.63) is 77.4 Å². The fourth-order valence-electron chi connectivity index (χ4n) is 6.66. The molecule has 2 aromatic heterocycles. The number of aryl methyl sites for hydroxylation is 1. The number of benzene rings is 1. The van der Waals surface area contributed by atoms with Crippen LogP contribution in [0, 0.1) is 13.8 Å². The highest BCUT2D eigenvalue weighted by atomic mass is 32.1. The van der Waals surface area contributed by atoms with Crippen LogP contribution < -0.4 is 15.0 Å². The SMILES string of the molecule is Cc1cc([C@@H]2[C@H](c3ccccn3)NC(=S)N2c2ccc(OC3CCCC3)cc2)c(C)n1C1CCCC1. The van der Waals surface area contributed by atoms with Crippen LogP contribution in [0.1, 0.15) is 92.1 Å². The first-order chi connectivity index (χ1) is 17.6. The molecule has 6 rings (SSSR count). The maximum atomic E-state index is 6.24. The Bertz CT molecular complexity index is 1210. The third-order valence-electron chi connectivity index (χ3n) is 8.35. The van der Waals surface area contributed by atoms with Gasteiger partial charge in [0.1, 0.15) is 5.75 Å². The number of thiocarbonyl (C=S) groups is 1. The molecule has 0 amide bonds. The minimum Gasteiger partial charge on any atom is -0.490 e. The first-order valence-electron chi connectivity index (χ1n) is 13.6. The van der Waals surface area contributed by atoms with Crippen molar-refractivity contribution in [2.75, 3.05) is 4.90 Å². The summed E-state index contributed by atoms with van der Waals surface area (Å²) in [6.07, 6.45) is 12.3. The van der Waals surface area contributed by atoms with Crippen molar-refractivity contribution in [1.29, 1.82) is 0 Å². The summed E-state index contributed by atoms with van der Waals surface area (Å²) in [5.41, 5.74) is 6.11. The molecule has 3 aromatic rings. The molecule has 0 spiro atoms. The van der Waals surface area contributed by atoms with Gasteiger partial charge < -0.3 is 19.5 Å². The Morgan fingerprint density at radius 1 is 0.944 bits per heavy atom. The van der Waals surface area contributed by atoms with E-state index in [1.807, 2.05) is 12.3 Å². The topological polar surface area (TPSA) is 42.3 Å². The Hall–Kier alpha value is -2.86. The van der Waals surface area contributed by atoms with E-state index in [9.17, 15) is 0 Å². The summed E-state index contributed by atoms with van der Waals surface area (Å²) in [6, 6.07) is 17.6. The second kappa shape index (κ2) is 9.89. The molecule has 5 nitrogen and oxygen atoms in total. The molecule has 1 saturated heterocycles. The van der Waals surface area contributed by atoms with Gasteiger partial charge in [0.25, 0.3) is 0 Å². The van der Waals surface area contributed by atoms with Crippen molar-refractivity contribution < 1.29 is 4.74 Å². The van der Waals surface area contributed by atoms with Crippen LogP contribution >= 0.6 is 12.2 Å². The van der Waals surface area contributed by atoms with E-state index in [0.29, 0.717) is 12.1 Å². The first kappa shape index (κ1) is 23.5. The minimum atomic E-state index is -0.0226. The fraction of sp³-hybridized carbons (Fsp3) is 0.467. The van der Waals surface area contributed by atoms with Gasteiger partial charge in [-0.25, -0.2) is 0 Å². The lowest BCUT2D eigenvalue weighted by Crippen LogP contribution is -2.29. The van der Waals surface area contributed by atoms with Gasteiger partial charge in [0, 0.05) is 29.3 Å². The quantitative estimate of drug-likeness (QED) is 0.365. The minimum absolute atomic E-state index is 0.0226. The summed E-state index contributed by atoms with van der Waals surface area (Å²) in [5, 5.41) is 4.36. The Labute approximate surface area is 219 Å². The normalized spacial score (nSPS) is 22.9. The fourth-order valence-corrected chi connectivity index (χ4v) is 7.01. The molecule has 6 heteroatoms. The first-order valence-corrected chi connectivity index (χ1v) is 14.0. The number of hydrogen-bond acceptors (Lipinski definition) is 3. The number of ether oxygens (including phenoxy) is 1. The molecule has 3 fully saturated rings. The molecule has 1 N–H and O–H groups in total. The Balaban J connectivity index is 1.38. The van der Waals surface area contributed by atoms with Crippen molar-refractivity contribution in [1.82, 2.24) is 14.9 Å². The number of pyridine rings is 1. The van der Waals surface area contributed by atoms with Crippen LogP contribution in [-0.4, -0.2) is 20.8 Å². The molecule has 3 heterocycles. The summed E-state index contributed by atoms with van der Waals surface area (Å²) in [4.78, 5) is 7.02. The molecular weight excluding hydrogens is 464 g/mol. The molecule has 188 valence electrons. The second-order valence-electron chi connectivity index (χ2n) is 10.6. The van der Waals surface area contributed by atoms with Crippen molar-refractivity contribution in [3.63, 3.8) is 0 Å². The van der Waals surface area contributed by atoms with Crippen LogP contribution in [0.5, 0.6) is 5.75 Å². The lowest BCUT2D eigenvalue weighted by Gasteiger charge is -2.29. The largest absolute Gasteiger partial charge is 0.490 e. The Morgan fingerprint density at radius 2 is 1.67 bits per heavy atom. The zero-order chi connectivity index (χ0) is 24.6. The van der Waals surface area contributed by atoms with Gasteiger partial charge in [0.05, 0.1) is 23.9 Å². The number of anilines is 1. The molecule has 1 aromatic carbocycles. The molecule has 36 heavy (non-hydrogen) atoms. The summed E-state index contributed by atoms with van der Waals surface area (Å²) in [5.74, 6) is 0.945. The predicted molar refractivity (Wildman–Crippen MR) is 149 cm³/mol. The van der Waals surface area contributed by atoms with Gasteiger partial charge in [0.2, 0.25) is 0 Å². The maximum Gasteiger partial charge on any atom is 0.174 e. The zero-order valence-electron chi connectivity index (χ0n) is 21.3. The summed E-state index contributed by atoms with van der Waals surface area (Å²) >= 11 is 5.96. The predicted octanol–water partition coefficient (Wildman–Crippen LogP) is 7.11. The molecule has 2 atom stereocenters. The highest BCUT2D eigenvalue weighted by molar-refractivity contribution is 7.80. The number of hydrogen-bond donors (Lipinski definition) is 1. The lowest BCUT2D eigenvalue weighted by molar-refractivity contribution is 0.210. The van der Waals surface area contributed by atoms with Crippen molar-refractivity contribution in [2.45, 2.75) is 89.4 Å². The van der Waals surface area contributed by atoms with E-state index < -0.39 is 0 Å². The van der Waals surface area contributed by atoms with E-state index in [1.165, 1.54) is 55.5 Å². The van der Waals surface area contributed by atoms with Crippen LogP contribution in [0.2, 0.25) is 0 Å². The number of nitrogens with zero attached hydrogens (tertiary/aromatic N) is 3. The van der Waals surface area contributed by atoms with E-state index in [0.717, 1.165) is 35.1 Å². The van der Waals surface area contributed by atoms with E-state index in [1.54, 1.807) is 0 Å². The standard InChI is InChI=1S/C30H36N4OS/c1-20-19-26(21(2)33(20)22-9-3-4-10-22)29-28(27-13-7-8-18-31-27)32-30(36)34(29)23-14-16-25(17-15-23)35-24-11-5-6-12-24/h7-8,13-19,22,24,28-29H,3-6,9-12H2,1-2H3,(H,32,36)/t28-,29+/m0/s1. The molecule has 2 aliphatic carbocycles. The third kappa shape index (κ3) is 4.30. The number of aromatic nitrogens is 2. The second-order valence-corrected chi connectivity index (χ2v) is 11.0. The summed E-state index contributed by atoms with van der Waals surface area (Å²) in [6.45, 7) is 4.54. The van der Waals surface area contributed by atoms with Crippen LogP contribution in [0.4, 0.5) is 5.69 Å². The molecular formula is C30H36N4OS. The van der Waals surface area contributed by atoms with Gasteiger partial charge in [-0.1, -0.05) is 18.9 Å². The van der Waals surface area contributed by atoms with Crippen LogP contribution in [0.15, 0.2) is 54.7 Å². The van der Waals surface area contributed by atoms with Crippen molar-refractivity contribution >= 4 is 23.0 Å². The summed E-state index contributed by atoms with van der Waals surface area (Å²) < 4.78 is 8.82. The van der Waals surface area contributed by atoms with Gasteiger partial charge in [-0.15, -0.1) is 0 Å². The van der Waals surface area contributed by atoms with E-state index in [-0.39, 0.29) is 12.1 Å². The highest BCUT2D eigenvalue weighted by Crippen LogP contribution is 2.45. The smallest absolute Gasteiger partial charge is 0.174 e. The highest BCUT2D eigenvalue weighted by Gasteiger charge is 2.42. The summed E-state index contributed by atoms with van der Waals surface area (Å²) in [7, 11) is 0. The third-order valence-corrected chi connectivity index (χ3v) is 8.66. The van der Waals surface area contributed by atoms with E-state index >= 15 is 0 Å². The molecule has 2 saturated carbocycles. The van der Waals surface area contributed by atoms with Gasteiger partial charge in [-0.2, -0.15) is 0 Å². The van der Waals surface area contributed by atoms with Gasteiger partial charge in [0.15, 0.2) is 5.11 Å². The zero-order valence-corrected chi connectivity index (χ0v) is 22.1. The van der Waals surface area contributed by atoms with Crippen LogP contribution in [0.25, 0.3) is 0 Å². The van der Waals surface area contributed by atoms with E-state index in [2.05, 4.69) is 71.1 Å². The average Bonchev–Trinajstić information content (AvgIpc) is 3.69. The van der Waals surface area contributed by atoms with Gasteiger partial charge in [-0.05, 0) is 113 Å². The molecule has 3 aliphatic rings. The Morgan fingerprint density at radius 3 is 2.36 bits per heavy atom.